The molecule has 1 fully saturated rings. The van der Waals surface area contributed by atoms with Gasteiger partial charge in [-0.1, -0.05) is 12.8 Å². The van der Waals surface area contributed by atoms with Crippen LogP contribution in [0.2, 0.25) is 0 Å². The van der Waals surface area contributed by atoms with Gasteiger partial charge >= 0.3 is 0 Å². The minimum absolute atomic E-state index is 0.109. The smallest absolute Gasteiger partial charge is 0.230 e. The summed E-state index contributed by atoms with van der Waals surface area (Å²) in [6, 6.07) is 3.83. The van der Waals surface area contributed by atoms with Crippen LogP contribution in [0.3, 0.4) is 0 Å². The van der Waals surface area contributed by atoms with Crippen LogP contribution in [-0.4, -0.2) is 29.2 Å². The first-order valence-electron chi connectivity index (χ1n) is 7.13. The number of amides is 1. The second-order valence-corrected chi connectivity index (χ2v) is 7.60. The van der Waals surface area contributed by atoms with E-state index in [0.717, 1.165) is 16.2 Å². The fraction of sp³-hybridized carbons (Fsp3) is 0.600. The van der Waals surface area contributed by atoms with E-state index in [1.165, 1.54) is 37.0 Å². The van der Waals surface area contributed by atoms with E-state index in [4.69, 9.17) is 0 Å². The molecule has 1 aromatic heterocycles. The number of nitrogens with one attached hydrogen (secondary N) is 1. The molecule has 2 rings (SSSR count). The van der Waals surface area contributed by atoms with E-state index in [1.54, 1.807) is 18.7 Å². The van der Waals surface area contributed by atoms with Gasteiger partial charge in [0.05, 0.1) is 10.6 Å². The molecule has 3 nitrogen and oxygen atoms in total. The van der Waals surface area contributed by atoms with E-state index >= 15 is 0 Å². The van der Waals surface area contributed by atoms with Gasteiger partial charge in [0.2, 0.25) is 5.91 Å². The van der Waals surface area contributed by atoms with E-state index in [2.05, 4.69) is 5.32 Å². The van der Waals surface area contributed by atoms with E-state index < -0.39 is 0 Å². The van der Waals surface area contributed by atoms with Gasteiger partial charge in [-0.25, -0.2) is 0 Å². The summed E-state index contributed by atoms with van der Waals surface area (Å²) in [7, 11) is 0. The molecule has 1 amide bonds. The van der Waals surface area contributed by atoms with Crippen molar-refractivity contribution in [2.24, 2.45) is 0 Å². The summed E-state index contributed by atoms with van der Waals surface area (Å²) in [5.41, 5.74) is 0. The highest BCUT2D eigenvalue weighted by Gasteiger charge is 2.16. The number of rotatable bonds is 7. The molecule has 0 bridgehead atoms. The van der Waals surface area contributed by atoms with Gasteiger partial charge in [-0.2, -0.15) is 0 Å². The van der Waals surface area contributed by atoms with Crippen molar-refractivity contribution >= 4 is 34.8 Å². The zero-order valence-electron chi connectivity index (χ0n) is 11.8. The molecule has 20 heavy (non-hydrogen) atoms. The Bertz CT molecular complexity index is 464. The molecule has 0 spiro atoms. The van der Waals surface area contributed by atoms with Crippen molar-refractivity contribution in [1.29, 1.82) is 0 Å². The van der Waals surface area contributed by atoms with Crippen LogP contribution in [-0.2, 0) is 11.2 Å². The summed E-state index contributed by atoms with van der Waals surface area (Å²) in [5, 5.41) is 3.65. The second-order valence-electron chi connectivity index (χ2n) is 5.14. The fourth-order valence-electron chi connectivity index (χ4n) is 2.33. The Hall–Kier alpha value is -0.810. The molecule has 1 saturated carbocycles. The summed E-state index contributed by atoms with van der Waals surface area (Å²) in [5.74, 6) is 0.817. The molecular weight excluding hydrogens is 290 g/mol. The molecule has 1 N–H and O–H groups in total. The minimum Gasteiger partial charge on any atom is -0.355 e. The number of Topliss-reactive ketones (excluding diaryl/α,β-unsaturated/α-hetero) is 1. The Morgan fingerprint density at radius 1 is 1.35 bits per heavy atom. The van der Waals surface area contributed by atoms with Gasteiger partial charge in [-0.05, 0) is 38.3 Å². The van der Waals surface area contributed by atoms with Gasteiger partial charge in [0.15, 0.2) is 5.78 Å². The summed E-state index contributed by atoms with van der Waals surface area (Å²) in [6.07, 6.45) is 5.96. The van der Waals surface area contributed by atoms with Crippen LogP contribution in [0.1, 0.15) is 47.2 Å². The molecule has 1 aliphatic rings. The largest absolute Gasteiger partial charge is 0.355 e. The number of hydrogen-bond donors (Lipinski definition) is 1. The molecule has 0 aliphatic heterocycles. The van der Waals surface area contributed by atoms with E-state index in [9.17, 15) is 9.59 Å². The molecule has 110 valence electrons. The van der Waals surface area contributed by atoms with Gasteiger partial charge in [0.25, 0.3) is 0 Å². The third kappa shape index (κ3) is 4.94. The normalized spacial score (nSPS) is 15.4. The van der Waals surface area contributed by atoms with Crippen molar-refractivity contribution in [3.05, 3.63) is 21.9 Å². The SMILES string of the molecule is CC(=O)c1ccc(CCNC(=O)CSC2CCCC2)s1. The number of carbonyl (C=O) groups excluding carboxylic acids is 2. The van der Waals surface area contributed by atoms with Crippen LogP contribution < -0.4 is 5.32 Å². The van der Waals surface area contributed by atoms with Crippen molar-refractivity contribution in [3.63, 3.8) is 0 Å². The van der Waals surface area contributed by atoms with Crippen molar-refractivity contribution in [1.82, 2.24) is 5.32 Å². The summed E-state index contributed by atoms with van der Waals surface area (Å²) in [6.45, 7) is 2.24. The zero-order chi connectivity index (χ0) is 14.4. The van der Waals surface area contributed by atoms with Gasteiger partial charge in [0.1, 0.15) is 0 Å². The van der Waals surface area contributed by atoms with Crippen molar-refractivity contribution in [3.8, 4) is 0 Å². The third-order valence-corrected chi connectivity index (χ3v) is 6.07. The Kier molecular flexibility index (Phi) is 6.10. The Morgan fingerprint density at radius 3 is 2.75 bits per heavy atom. The predicted octanol–water partition coefficient (Wildman–Crippen LogP) is 3.29. The fourth-order valence-corrected chi connectivity index (χ4v) is 4.38. The standard InChI is InChI=1S/C15H21NO2S2/c1-11(17)14-7-6-13(20-14)8-9-16-15(18)10-19-12-4-2-3-5-12/h6-7,12H,2-5,8-10H2,1H3,(H,16,18). The molecular formula is C15H21NO2S2. The summed E-state index contributed by atoms with van der Waals surface area (Å²) in [4.78, 5) is 24.9. The third-order valence-electron chi connectivity index (χ3n) is 3.45. The molecule has 1 aromatic rings. The average Bonchev–Trinajstić information content (AvgIpc) is 3.07. The molecule has 1 heterocycles. The van der Waals surface area contributed by atoms with E-state index in [-0.39, 0.29) is 11.7 Å². The highest BCUT2D eigenvalue weighted by atomic mass is 32.2. The Morgan fingerprint density at radius 2 is 2.10 bits per heavy atom. The number of carbonyl (C=O) groups is 2. The maximum Gasteiger partial charge on any atom is 0.230 e. The van der Waals surface area contributed by atoms with Crippen LogP contribution >= 0.6 is 23.1 Å². The minimum atomic E-state index is 0.109. The Labute approximate surface area is 128 Å². The lowest BCUT2D eigenvalue weighted by atomic mass is 10.3. The van der Waals surface area contributed by atoms with Crippen molar-refractivity contribution in [2.45, 2.75) is 44.3 Å². The zero-order valence-corrected chi connectivity index (χ0v) is 13.4. The number of thiophene rings is 1. The molecule has 1 aliphatic carbocycles. The highest BCUT2D eigenvalue weighted by Crippen LogP contribution is 2.29. The van der Waals surface area contributed by atoms with Crippen LogP contribution in [0.5, 0.6) is 0 Å². The lowest BCUT2D eigenvalue weighted by Crippen LogP contribution is -2.27. The van der Waals surface area contributed by atoms with Gasteiger partial charge in [-0.15, -0.1) is 23.1 Å². The molecule has 0 radical (unpaired) electrons. The lowest BCUT2D eigenvalue weighted by molar-refractivity contribution is -0.118. The first-order valence-corrected chi connectivity index (χ1v) is 8.99. The van der Waals surface area contributed by atoms with Crippen LogP contribution in [0.4, 0.5) is 0 Å². The van der Waals surface area contributed by atoms with Crippen LogP contribution in [0.15, 0.2) is 12.1 Å². The van der Waals surface area contributed by atoms with E-state index in [0.29, 0.717) is 17.5 Å². The maximum atomic E-state index is 11.7. The number of thioether (sulfide) groups is 1. The van der Waals surface area contributed by atoms with Crippen LogP contribution in [0, 0.1) is 0 Å². The monoisotopic (exact) mass is 311 g/mol. The quantitative estimate of drug-likeness (QED) is 0.786. The molecule has 0 atom stereocenters. The van der Waals surface area contributed by atoms with Crippen LogP contribution in [0.25, 0.3) is 0 Å². The van der Waals surface area contributed by atoms with Gasteiger partial charge < -0.3 is 5.32 Å². The second kappa shape index (κ2) is 7.84. The molecule has 5 heteroatoms. The topological polar surface area (TPSA) is 46.2 Å². The first-order chi connectivity index (χ1) is 9.65. The first kappa shape index (κ1) is 15.6. The average molecular weight is 311 g/mol. The van der Waals surface area contributed by atoms with Crippen molar-refractivity contribution < 1.29 is 9.59 Å². The summed E-state index contributed by atoms with van der Waals surface area (Å²) < 4.78 is 0. The lowest BCUT2D eigenvalue weighted by Gasteiger charge is -2.08. The molecule has 0 aromatic carbocycles. The van der Waals surface area contributed by atoms with Crippen molar-refractivity contribution in [2.75, 3.05) is 12.3 Å². The number of hydrogen-bond acceptors (Lipinski definition) is 4. The number of ketones is 1. The van der Waals surface area contributed by atoms with Gasteiger partial charge in [0, 0.05) is 16.7 Å². The van der Waals surface area contributed by atoms with E-state index in [1.807, 2.05) is 12.1 Å². The Balaban J connectivity index is 1.61. The predicted molar refractivity (Wildman–Crippen MR) is 85.8 cm³/mol. The summed E-state index contributed by atoms with van der Waals surface area (Å²) >= 11 is 3.31. The van der Waals surface area contributed by atoms with Gasteiger partial charge in [-0.3, -0.25) is 9.59 Å². The highest BCUT2D eigenvalue weighted by molar-refractivity contribution is 8.00. The molecule has 0 saturated heterocycles. The molecule has 0 unspecified atom stereocenters. The maximum absolute atomic E-state index is 11.7.